The summed E-state index contributed by atoms with van der Waals surface area (Å²) in [4.78, 5) is 10.3. The zero-order valence-electron chi connectivity index (χ0n) is 6.38. The number of alkyl halides is 3. The van der Waals surface area contributed by atoms with Gasteiger partial charge in [0.15, 0.2) is 0 Å². The van der Waals surface area contributed by atoms with Gasteiger partial charge in [-0.15, -0.1) is 0 Å². The van der Waals surface area contributed by atoms with Crippen molar-refractivity contribution in [2.24, 2.45) is 0 Å². The van der Waals surface area contributed by atoms with Gasteiger partial charge in [-0.1, -0.05) is 0 Å². The molecule has 1 atom stereocenters. The lowest BCUT2D eigenvalue weighted by atomic mass is 10.3. The standard InChI is InChI=1S/C6H5F3O4/c1-3-2-12-5(13-3,4(10)11)6(7,8)9/h2H,1H3,(H,10,11). The Hall–Kier alpha value is -1.40. The third kappa shape index (κ3) is 1.30. The first kappa shape index (κ1) is 9.69. The summed E-state index contributed by atoms with van der Waals surface area (Å²) < 4.78 is 44.6. The number of carboxylic acids is 1. The Morgan fingerprint density at radius 3 is 2.31 bits per heavy atom. The van der Waals surface area contributed by atoms with Crippen LogP contribution in [0.5, 0.6) is 0 Å². The van der Waals surface area contributed by atoms with Gasteiger partial charge in [-0.05, 0) is 6.92 Å². The van der Waals surface area contributed by atoms with E-state index in [0.717, 1.165) is 6.92 Å². The third-order valence-electron chi connectivity index (χ3n) is 1.35. The Kier molecular flexibility index (Phi) is 1.89. The van der Waals surface area contributed by atoms with Crippen LogP contribution < -0.4 is 0 Å². The molecule has 4 nitrogen and oxygen atoms in total. The molecule has 1 rings (SSSR count). The van der Waals surface area contributed by atoms with E-state index in [-0.39, 0.29) is 5.76 Å². The van der Waals surface area contributed by atoms with Gasteiger partial charge in [0.1, 0.15) is 12.0 Å². The number of hydrogen-bond acceptors (Lipinski definition) is 3. The number of ether oxygens (including phenoxy) is 2. The van der Waals surface area contributed by atoms with E-state index in [9.17, 15) is 18.0 Å². The molecule has 1 heterocycles. The van der Waals surface area contributed by atoms with Crippen LogP contribution in [0.3, 0.4) is 0 Å². The highest BCUT2D eigenvalue weighted by Crippen LogP contribution is 2.40. The molecule has 0 spiro atoms. The maximum Gasteiger partial charge on any atom is 0.480 e. The second-order valence-corrected chi connectivity index (χ2v) is 2.37. The van der Waals surface area contributed by atoms with Crippen LogP contribution in [-0.2, 0) is 14.3 Å². The third-order valence-corrected chi connectivity index (χ3v) is 1.35. The maximum absolute atomic E-state index is 12.2. The SMILES string of the molecule is CC1=COC(C(=O)O)(C(F)(F)F)O1. The molecule has 1 N–H and O–H groups in total. The van der Waals surface area contributed by atoms with Crippen molar-refractivity contribution in [2.45, 2.75) is 18.9 Å². The molecule has 7 heteroatoms. The van der Waals surface area contributed by atoms with Gasteiger partial charge >= 0.3 is 17.9 Å². The first-order valence-electron chi connectivity index (χ1n) is 3.13. The van der Waals surface area contributed by atoms with Crippen molar-refractivity contribution in [3.8, 4) is 0 Å². The molecule has 1 aliphatic rings. The summed E-state index contributed by atoms with van der Waals surface area (Å²) in [5, 5.41) is 8.31. The molecule has 0 bridgehead atoms. The van der Waals surface area contributed by atoms with Crippen LogP contribution >= 0.6 is 0 Å². The molecule has 1 unspecified atom stereocenters. The molecular formula is C6H5F3O4. The van der Waals surface area contributed by atoms with Crippen molar-refractivity contribution < 1.29 is 32.5 Å². The lowest BCUT2D eigenvalue weighted by Crippen LogP contribution is -2.53. The Morgan fingerprint density at radius 2 is 2.15 bits per heavy atom. The summed E-state index contributed by atoms with van der Waals surface area (Å²) in [7, 11) is 0. The van der Waals surface area contributed by atoms with Gasteiger partial charge in [0.25, 0.3) is 0 Å². The van der Waals surface area contributed by atoms with Gasteiger partial charge in [-0.2, -0.15) is 13.2 Å². The molecule has 0 amide bonds. The molecule has 0 aromatic rings. The molecule has 1 aliphatic heterocycles. The fourth-order valence-electron chi connectivity index (χ4n) is 0.781. The zero-order valence-corrected chi connectivity index (χ0v) is 6.38. The number of carbonyl (C=O) groups is 1. The highest BCUT2D eigenvalue weighted by molar-refractivity contribution is 5.77. The minimum atomic E-state index is -5.12. The maximum atomic E-state index is 12.2. The molecular weight excluding hydrogens is 193 g/mol. The van der Waals surface area contributed by atoms with E-state index in [1.54, 1.807) is 0 Å². The van der Waals surface area contributed by atoms with Crippen LogP contribution in [-0.4, -0.2) is 23.0 Å². The van der Waals surface area contributed by atoms with Crippen molar-refractivity contribution in [1.29, 1.82) is 0 Å². The van der Waals surface area contributed by atoms with Gasteiger partial charge in [0, 0.05) is 0 Å². The van der Waals surface area contributed by atoms with E-state index < -0.39 is 17.9 Å². The molecule has 0 radical (unpaired) electrons. The van der Waals surface area contributed by atoms with Crippen molar-refractivity contribution in [2.75, 3.05) is 0 Å². The first-order chi connectivity index (χ1) is 5.79. The molecule has 0 saturated heterocycles. The summed E-state index contributed by atoms with van der Waals surface area (Å²) in [6.07, 6.45) is -4.51. The topological polar surface area (TPSA) is 55.8 Å². The average Bonchev–Trinajstić information content (AvgIpc) is 2.30. The van der Waals surface area contributed by atoms with E-state index >= 15 is 0 Å². The minimum Gasteiger partial charge on any atom is -0.475 e. The lowest BCUT2D eigenvalue weighted by Gasteiger charge is -2.25. The molecule has 0 aromatic carbocycles. The minimum absolute atomic E-state index is 0.236. The molecule has 0 aromatic heterocycles. The molecule has 74 valence electrons. The van der Waals surface area contributed by atoms with Crippen molar-refractivity contribution in [3.63, 3.8) is 0 Å². The largest absolute Gasteiger partial charge is 0.480 e. The van der Waals surface area contributed by atoms with Crippen LogP contribution in [0.1, 0.15) is 6.92 Å². The quantitative estimate of drug-likeness (QED) is 0.688. The predicted octanol–water partition coefficient (Wildman–Crippen LogP) is 1.24. The van der Waals surface area contributed by atoms with Gasteiger partial charge < -0.3 is 14.6 Å². The Morgan fingerprint density at radius 1 is 1.62 bits per heavy atom. The summed E-state index contributed by atoms with van der Waals surface area (Å²) in [5.41, 5.74) is 0. The fraction of sp³-hybridized carbons (Fsp3) is 0.500. The number of hydrogen-bond donors (Lipinski definition) is 1. The number of carboxylic acid groups (broad SMARTS) is 1. The van der Waals surface area contributed by atoms with E-state index in [1.807, 2.05) is 0 Å². The number of aliphatic carboxylic acids is 1. The summed E-state index contributed by atoms with van der Waals surface area (Å²) >= 11 is 0. The van der Waals surface area contributed by atoms with Gasteiger partial charge in [0.2, 0.25) is 0 Å². The molecule has 0 saturated carbocycles. The normalized spacial score (nSPS) is 27.5. The first-order valence-corrected chi connectivity index (χ1v) is 3.13. The van der Waals surface area contributed by atoms with Crippen LogP contribution in [0.15, 0.2) is 12.0 Å². The lowest BCUT2D eigenvalue weighted by molar-refractivity contribution is -0.327. The van der Waals surface area contributed by atoms with Gasteiger partial charge in [-0.3, -0.25) is 0 Å². The second-order valence-electron chi connectivity index (χ2n) is 2.37. The highest BCUT2D eigenvalue weighted by Gasteiger charge is 2.68. The fourth-order valence-corrected chi connectivity index (χ4v) is 0.781. The van der Waals surface area contributed by atoms with Crippen LogP contribution in [0.4, 0.5) is 13.2 Å². The van der Waals surface area contributed by atoms with Crippen LogP contribution in [0.25, 0.3) is 0 Å². The number of halogens is 3. The van der Waals surface area contributed by atoms with Crippen LogP contribution in [0, 0.1) is 0 Å². The Balaban J connectivity index is 3.01. The molecule has 0 aliphatic carbocycles. The average molecular weight is 198 g/mol. The smallest absolute Gasteiger partial charge is 0.475 e. The summed E-state index contributed by atoms with van der Waals surface area (Å²) in [5.74, 6) is -6.04. The van der Waals surface area contributed by atoms with E-state index in [2.05, 4.69) is 9.47 Å². The Bertz CT molecular complexity index is 270. The van der Waals surface area contributed by atoms with Crippen molar-refractivity contribution in [3.05, 3.63) is 12.0 Å². The zero-order chi connectivity index (χ0) is 10.3. The second kappa shape index (κ2) is 2.54. The highest BCUT2D eigenvalue weighted by atomic mass is 19.4. The van der Waals surface area contributed by atoms with E-state index in [1.165, 1.54) is 0 Å². The van der Waals surface area contributed by atoms with Crippen LogP contribution in [0.2, 0.25) is 0 Å². The molecule has 0 fully saturated rings. The van der Waals surface area contributed by atoms with E-state index in [0.29, 0.717) is 6.26 Å². The van der Waals surface area contributed by atoms with Gasteiger partial charge in [-0.25, -0.2) is 4.79 Å². The molecule has 13 heavy (non-hydrogen) atoms. The summed E-state index contributed by atoms with van der Waals surface area (Å²) in [6.45, 7) is 1.16. The monoisotopic (exact) mass is 198 g/mol. The predicted molar refractivity (Wildman–Crippen MR) is 32.3 cm³/mol. The van der Waals surface area contributed by atoms with Crippen molar-refractivity contribution >= 4 is 5.97 Å². The van der Waals surface area contributed by atoms with E-state index in [4.69, 9.17) is 5.11 Å². The number of rotatable bonds is 1. The Labute approximate surface area is 70.5 Å². The van der Waals surface area contributed by atoms with Gasteiger partial charge in [0.05, 0.1) is 0 Å². The van der Waals surface area contributed by atoms with Crippen molar-refractivity contribution in [1.82, 2.24) is 0 Å². The number of allylic oxidation sites excluding steroid dienone is 1. The summed E-state index contributed by atoms with van der Waals surface area (Å²) in [6, 6.07) is 0.